The van der Waals surface area contributed by atoms with E-state index >= 15 is 0 Å². The van der Waals surface area contributed by atoms with Gasteiger partial charge in [-0.25, -0.2) is 4.98 Å². The third-order valence-corrected chi connectivity index (χ3v) is 3.24. The molecule has 1 aromatic heterocycles. The second-order valence-corrected chi connectivity index (χ2v) is 4.84. The molecule has 0 bridgehead atoms. The average molecular weight is 299 g/mol. The highest BCUT2D eigenvalue weighted by molar-refractivity contribution is 6.39. The van der Waals surface area contributed by atoms with Crippen molar-refractivity contribution in [2.45, 2.75) is 13.0 Å². The lowest BCUT2D eigenvalue weighted by Gasteiger charge is -2.12. The molecule has 1 heterocycles. The van der Waals surface area contributed by atoms with Crippen molar-refractivity contribution in [2.75, 3.05) is 5.73 Å². The van der Waals surface area contributed by atoms with Crippen LogP contribution in [0.25, 0.3) is 0 Å². The fourth-order valence-electron chi connectivity index (χ4n) is 1.58. The molecule has 7 heteroatoms. The SMILES string of the molecule is CC(NC(=O)c1cc(Cl)c(N)c(Cl)c1)c1ncc[nH]1. The number of nitrogen functional groups attached to an aromatic ring is 1. The lowest BCUT2D eigenvalue weighted by Crippen LogP contribution is -2.27. The predicted octanol–water partition coefficient (Wildman–Crippen LogP) is 2.79. The van der Waals surface area contributed by atoms with Gasteiger partial charge in [-0.05, 0) is 19.1 Å². The number of halogens is 2. The molecule has 0 saturated heterocycles. The van der Waals surface area contributed by atoms with E-state index in [0.717, 1.165) is 0 Å². The lowest BCUT2D eigenvalue weighted by molar-refractivity contribution is 0.0938. The van der Waals surface area contributed by atoms with Gasteiger partial charge in [0.05, 0.1) is 21.8 Å². The van der Waals surface area contributed by atoms with Crippen LogP contribution in [0.5, 0.6) is 0 Å². The number of rotatable bonds is 3. The van der Waals surface area contributed by atoms with Crippen LogP contribution in [0.15, 0.2) is 24.5 Å². The van der Waals surface area contributed by atoms with Crippen molar-refractivity contribution in [1.29, 1.82) is 0 Å². The minimum atomic E-state index is -0.298. The quantitative estimate of drug-likeness (QED) is 0.762. The zero-order chi connectivity index (χ0) is 14.0. The third-order valence-electron chi connectivity index (χ3n) is 2.62. The molecule has 2 aromatic rings. The number of anilines is 1. The molecule has 0 aliphatic heterocycles. The van der Waals surface area contributed by atoms with Crippen molar-refractivity contribution < 1.29 is 4.79 Å². The van der Waals surface area contributed by atoms with Crippen molar-refractivity contribution in [3.63, 3.8) is 0 Å². The molecular formula is C12H12Cl2N4O. The first-order valence-corrected chi connectivity index (χ1v) is 6.29. The number of aromatic amines is 1. The third kappa shape index (κ3) is 3.00. The van der Waals surface area contributed by atoms with E-state index in [-0.39, 0.29) is 27.7 Å². The first-order chi connectivity index (χ1) is 8.99. The van der Waals surface area contributed by atoms with Gasteiger partial charge in [-0.1, -0.05) is 23.2 Å². The summed E-state index contributed by atoms with van der Waals surface area (Å²) in [5.74, 6) is 0.369. The Balaban J connectivity index is 2.16. The smallest absolute Gasteiger partial charge is 0.251 e. The summed E-state index contributed by atoms with van der Waals surface area (Å²) in [5, 5.41) is 3.29. The van der Waals surface area contributed by atoms with Gasteiger partial charge in [-0.3, -0.25) is 4.79 Å². The monoisotopic (exact) mass is 298 g/mol. The fourth-order valence-corrected chi connectivity index (χ4v) is 2.07. The number of imidazole rings is 1. The Morgan fingerprint density at radius 1 is 1.42 bits per heavy atom. The molecule has 1 amide bonds. The molecule has 0 fully saturated rings. The van der Waals surface area contributed by atoms with Crippen LogP contribution in [0.3, 0.4) is 0 Å². The Bertz CT molecular complexity index is 575. The maximum Gasteiger partial charge on any atom is 0.251 e. The Morgan fingerprint density at radius 3 is 2.58 bits per heavy atom. The molecule has 1 unspecified atom stereocenters. The number of aromatic nitrogens is 2. The van der Waals surface area contributed by atoms with E-state index < -0.39 is 0 Å². The van der Waals surface area contributed by atoms with E-state index in [1.807, 2.05) is 6.92 Å². The normalized spacial score (nSPS) is 12.2. The summed E-state index contributed by atoms with van der Waals surface area (Å²) in [6.07, 6.45) is 3.31. The second-order valence-electron chi connectivity index (χ2n) is 4.02. The zero-order valence-electron chi connectivity index (χ0n) is 10.1. The van der Waals surface area contributed by atoms with Crippen LogP contribution in [0.2, 0.25) is 10.0 Å². The molecule has 19 heavy (non-hydrogen) atoms. The summed E-state index contributed by atoms with van der Waals surface area (Å²) in [7, 11) is 0. The zero-order valence-corrected chi connectivity index (χ0v) is 11.6. The highest BCUT2D eigenvalue weighted by atomic mass is 35.5. The Kier molecular flexibility index (Phi) is 3.97. The number of benzene rings is 1. The number of hydrogen-bond acceptors (Lipinski definition) is 3. The summed E-state index contributed by atoms with van der Waals surface area (Å²) < 4.78 is 0. The number of amides is 1. The number of nitrogens with one attached hydrogen (secondary N) is 2. The molecule has 100 valence electrons. The first-order valence-electron chi connectivity index (χ1n) is 5.53. The van der Waals surface area contributed by atoms with E-state index in [1.165, 1.54) is 12.1 Å². The van der Waals surface area contributed by atoms with Gasteiger partial charge in [0.15, 0.2) is 0 Å². The van der Waals surface area contributed by atoms with Crippen LogP contribution in [0.1, 0.15) is 29.1 Å². The van der Waals surface area contributed by atoms with Gasteiger partial charge in [-0.15, -0.1) is 0 Å². The molecule has 0 aliphatic rings. The van der Waals surface area contributed by atoms with Gasteiger partial charge in [0.2, 0.25) is 0 Å². The number of nitrogens with two attached hydrogens (primary N) is 1. The molecule has 1 atom stereocenters. The van der Waals surface area contributed by atoms with Crippen molar-refractivity contribution in [3.05, 3.63) is 46.0 Å². The van der Waals surface area contributed by atoms with Crippen LogP contribution in [-0.4, -0.2) is 15.9 Å². The highest BCUT2D eigenvalue weighted by Crippen LogP contribution is 2.28. The summed E-state index contributed by atoms with van der Waals surface area (Å²) >= 11 is 11.8. The number of H-pyrrole nitrogens is 1. The topological polar surface area (TPSA) is 83.8 Å². The molecule has 4 N–H and O–H groups in total. The predicted molar refractivity (Wildman–Crippen MR) is 75.3 cm³/mol. The average Bonchev–Trinajstić information content (AvgIpc) is 2.89. The van der Waals surface area contributed by atoms with Crippen molar-refractivity contribution >= 4 is 34.8 Å². The van der Waals surface area contributed by atoms with Gasteiger partial charge < -0.3 is 16.0 Å². The van der Waals surface area contributed by atoms with Crippen molar-refractivity contribution in [1.82, 2.24) is 15.3 Å². The van der Waals surface area contributed by atoms with E-state index in [2.05, 4.69) is 15.3 Å². The maximum absolute atomic E-state index is 12.1. The molecule has 0 saturated carbocycles. The molecule has 0 spiro atoms. The number of carbonyl (C=O) groups is 1. The van der Waals surface area contributed by atoms with Crippen molar-refractivity contribution in [2.24, 2.45) is 0 Å². The van der Waals surface area contributed by atoms with E-state index in [1.54, 1.807) is 12.4 Å². The maximum atomic E-state index is 12.1. The van der Waals surface area contributed by atoms with Gasteiger partial charge in [0, 0.05) is 18.0 Å². The van der Waals surface area contributed by atoms with Crippen LogP contribution in [0, 0.1) is 0 Å². The summed E-state index contributed by atoms with van der Waals surface area (Å²) in [6.45, 7) is 1.82. The minimum Gasteiger partial charge on any atom is -0.396 e. The van der Waals surface area contributed by atoms with Crippen molar-refractivity contribution in [3.8, 4) is 0 Å². The second kappa shape index (κ2) is 5.50. The largest absolute Gasteiger partial charge is 0.396 e. The number of nitrogens with zero attached hydrogens (tertiary/aromatic N) is 1. The number of carbonyl (C=O) groups excluding carboxylic acids is 1. The van der Waals surface area contributed by atoms with Crippen LogP contribution < -0.4 is 11.1 Å². The fraction of sp³-hybridized carbons (Fsp3) is 0.167. The minimum absolute atomic E-state index is 0.252. The molecular weight excluding hydrogens is 287 g/mol. The Labute approximate surface area is 120 Å². The first kappa shape index (κ1) is 13.7. The number of hydrogen-bond donors (Lipinski definition) is 3. The summed E-state index contributed by atoms with van der Waals surface area (Å²) in [6, 6.07) is 2.71. The van der Waals surface area contributed by atoms with Gasteiger partial charge >= 0.3 is 0 Å². The molecule has 2 rings (SSSR count). The van der Waals surface area contributed by atoms with Gasteiger partial charge in [0.1, 0.15) is 5.82 Å². The van der Waals surface area contributed by atoms with Gasteiger partial charge in [0.25, 0.3) is 5.91 Å². The Morgan fingerprint density at radius 2 is 2.05 bits per heavy atom. The van der Waals surface area contributed by atoms with E-state index in [9.17, 15) is 4.79 Å². The standard InChI is InChI=1S/C12H12Cl2N4O/c1-6(11-16-2-3-17-11)18-12(19)7-4-8(13)10(15)9(14)5-7/h2-6H,15H2,1H3,(H,16,17)(H,18,19). The Hall–Kier alpha value is -1.72. The van der Waals surface area contributed by atoms with Crippen LogP contribution in [-0.2, 0) is 0 Å². The van der Waals surface area contributed by atoms with Crippen LogP contribution in [0.4, 0.5) is 5.69 Å². The molecule has 0 aliphatic carbocycles. The summed E-state index contributed by atoms with van der Waals surface area (Å²) in [5.41, 5.74) is 6.23. The summed E-state index contributed by atoms with van der Waals surface area (Å²) in [4.78, 5) is 19.1. The molecule has 1 aromatic carbocycles. The molecule has 5 nitrogen and oxygen atoms in total. The van der Waals surface area contributed by atoms with Gasteiger partial charge in [-0.2, -0.15) is 0 Å². The van der Waals surface area contributed by atoms with E-state index in [4.69, 9.17) is 28.9 Å². The highest BCUT2D eigenvalue weighted by Gasteiger charge is 2.15. The van der Waals surface area contributed by atoms with Crippen LogP contribution >= 0.6 is 23.2 Å². The van der Waals surface area contributed by atoms with E-state index in [0.29, 0.717) is 11.4 Å². The molecule has 0 radical (unpaired) electrons. The lowest BCUT2D eigenvalue weighted by atomic mass is 10.1.